The molecule has 2 aliphatic heterocycles. The van der Waals surface area contributed by atoms with E-state index in [0.29, 0.717) is 30.6 Å². The van der Waals surface area contributed by atoms with Gasteiger partial charge in [-0.1, -0.05) is 54.0 Å². The van der Waals surface area contributed by atoms with Gasteiger partial charge >= 0.3 is 0 Å². The molecule has 2 aliphatic rings. The molecule has 12 heteroatoms. The Balaban J connectivity index is 1.80. The average molecular weight is 759 g/mol. The van der Waals surface area contributed by atoms with Gasteiger partial charge in [0.05, 0.1) is 29.1 Å². The van der Waals surface area contributed by atoms with Crippen molar-refractivity contribution in [3.63, 3.8) is 0 Å². The summed E-state index contributed by atoms with van der Waals surface area (Å²) in [5, 5.41) is 0. The Labute approximate surface area is 319 Å². The van der Waals surface area contributed by atoms with Crippen LogP contribution in [0.25, 0.3) is 0 Å². The molecule has 11 nitrogen and oxygen atoms in total. The number of piperidine rings is 1. The summed E-state index contributed by atoms with van der Waals surface area (Å²) in [5.41, 5.74) is 6.13. The number of carbonyl (C=O) groups is 4. The maximum absolute atomic E-state index is 14.3. The number of hydrogen-bond acceptors (Lipinski definition) is 9. The zero-order valence-corrected chi connectivity index (χ0v) is 34.9. The van der Waals surface area contributed by atoms with E-state index in [1.807, 2.05) is 40.7 Å². The first-order valence-corrected chi connectivity index (χ1v) is 21.0. The SMILES string of the molecule is CO[C@H]([C@@H](C)C(=O)CS(=O)(=O)c1ccc(N)cc1)[C@@H]1CCCN1C(=O)/C(C)=C/[C@H](C(C)C)N(C)C(=O)[C@@H](CC(=O)[C@H]1CCCCN1C(C)C)C(C)(C)C. The van der Waals surface area contributed by atoms with E-state index in [0.717, 1.165) is 25.8 Å². The van der Waals surface area contributed by atoms with Crippen LogP contribution in [0.2, 0.25) is 0 Å². The number of anilines is 1. The van der Waals surface area contributed by atoms with Crippen LogP contribution in [-0.4, -0.2) is 110 Å². The molecule has 1 aromatic rings. The maximum Gasteiger partial charge on any atom is 0.249 e. The molecule has 0 saturated carbocycles. The van der Waals surface area contributed by atoms with E-state index in [4.69, 9.17) is 10.5 Å². The second-order valence-corrected chi connectivity index (χ2v) is 18.9. The molecule has 2 fully saturated rings. The summed E-state index contributed by atoms with van der Waals surface area (Å²) in [6.07, 6.45) is 5.50. The minimum atomic E-state index is -3.90. The van der Waals surface area contributed by atoms with Crippen molar-refractivity contribution in [1.29, 1.82) is 0 Å². The normalized spacial score (nSPS) is 21.4. The fourth-order valence-electron chi connectivity index (χ4n) is 8.06. The lowest BCUT2D eigenvalue weighted by atomic mass is 9.75. The highest BCUT2D eigenvalue weighted by Gasteiger charge is 2.42. The number of hydrogen-bond donors (Lipinski definition) is 1. The van der Waals surface area contributed by atoms with Crippen molar-refractivity contribution in [2.45, 2.75) is 136 Å². The molecular weight excluding hydrogens is 693 g/mol. The van der Waals surface area contributed by atoms with Crippen molar-refractivity contribution in [2.24, 2.45) is 23.2 Å². The Hall–Kier alpha value is -3.09. The van der Waals surface area contributed by atoms with Gasteiger partial charge < -0.3 is 20.3 Å². The molecule has 2 saturated heterocycles. The minimum Gasteiger partial charge on any atom is -0.399 e. The van der Waals surface area contributed by atoms with E-state index >= 15 is 0 Å². The Morgan fingerprint density at radius 2 is 1.60 bits per heavy atom. The molecule has 2 heterocycles. The van der Waals surface area contributed by atoms with Gasteiger partial charge in [-0.05, 0) is 88.6 Å². The lowest BCUT2D eigenvalue weighted by molar-refractivity contribution is -0.144. The lowest BCUT2D eigenvalue weighted by Gasteiger charge is -2.40. The van der Waals surface area contributed by atoms with Gasteiger partial charge in [0.2, 0.25) is 11.8 Å². The number of rotatable bonds is 16. The molecule has 0 bridgehead atoms. The molecule has 1 aromatic carbocycles. The quantitative estimate of drug-likeness (QED) is 0.169. The van der Waals surface area contributed by atoms with Crippen LogP contribution in [0.1, 0.15) is 101 Å². The molecular formula is C41H66N4O7S. The molecule has 298 valence electrons. The average Bonchev–Trinajstić information content (AvgIpc) is 3.57. The van der Waals surface area contributed by atoms with E-state index in [1.165, 1.54) is 31.4 Å². The van der Waals surface area contributed by atoms with Gasteiger partial charge in [-0.3, -0.25) is 24.1 Å². The zero-order valence-electron chi connectivity index (χ0n) is 34.1. The van der Waals surface area contributed by atoms with Crippen molar-refractivity contribution in [1.82, 2.24) is 14.7 Å². The van der Waals surface area contributed by atoms with Gasteiger partial charge in [0, 0.05) is 56.3 Å². The number of nitrogen functional groups attached to an aromatic ring is 1. The van der Waals surface area contributed by atoms with E-state index in [1.54, 1.807) is 30.7 Å². The number of nitrogens with zero attached hydrogens (tertiary/aromatic N) is 3. The highest BCUT2D eigenvalue weighted by molar-refractivity contribution is 7.92. The van der Waals surface area contributed by atoms with Gasteiger partial charge in [-0.2, -0.15) is 0 Å². The Morgan fingerprint density at radius 3 is 2.15 bits per heavy atom. The van der Waals surface area contributed by atoms with Gasteiger partial charge in [0.1, 0.15) is 5.75 Å². The molecule has 0 unspecified atom stereocenters. The number of carbonyl (C=O) groups excluding carboxylic acids is 4. The largest absolute Gasteiger partial charge is 0.399 e. The van der Waals surface area contributed by atoms with Crippen molar-refractivity contribution < 1.29 is 32.3 Å². The molecule has 0 radical (unpaired) electrons. The number of Topliss-reactive ketones (excluding diaryl/α,β-unsaturated/α-hetero) is 2. The first kappa shape index (κ1) is 44.3. The van der Waals surface area contributed by atoms with Crippen molar-refractivity contribution in [3.05, 3.63) is 35.9 Å². The van der Waals surface area contributed by atoms with Gasteiger partial charge in [0.15, 0.2) is 21.4 Å². The first-order chi connectivity index (χ1) is 24.6. The van der Waals surface area contributed by atoms with Crippen LogP contribution in [0.15, 0.2) is 40.8 Å². The molecule has 0 aliphatic carbocycles. The second kappa shape index (κ2) is 18.5. The molecule has 3 rings (SSSR count). The Bertz CT molecular complexity index is 1580. The lowest BCUT2D eigenvalue weighted by Crippen LogP contribution is -2.51. The molecule has 6 atom stereocenters. The second-order valence-electron chi connectivity index (χ2n) is 17.0. The molecule has 0 aromatic heterocycles. The number of sulfone groups is 1. The van der Waals surface area contributed by atoms with Crippen LogP contribution in [-0.2, 0) is 33.8 Å². The number of amides is 2. The fourth-order valence-corrected chi connectivity index (χ4v) is 9.41. The topological polar surface area (TPSA) is 147 Å². The monoisotopic (exact) mass is 758 g/mol. The molecule has 2 N–H and O–H groups in total. The summed E-state index contributed by atoms with van der Waals surface area (Å²) >= 11 is 0. The van der Waals surface area contributed by atoms with Crippen LogP contribution in [0, 0.1) is 23.2 Å². The smallest absolute Gasteiger partial charge is 0.249 e. The zero-order chi connectivity index (χ0) is 40.0. The van der Waals surface area contributed by atoms with Gasteiger partial charge in [-0.15, -0.1) is 0 Å². The number of likely N-dealkylation sites (tertiary alicyclic amines) is 2. The number of likely N-dealkylation sites (N-methyl/N-ethyl adjacent to an activating group) is 1. The summed E-state index contributed by atoms with van der Waals surface area (Å²) in [5.74, 6) is -2.76. The predicted octanol–water partition coefficient (Wildman–Crippen LogP) is 5.57. The van der Waals surface area contributed by atoms with Crippen molar-refractivity contribution in [2.75, 3.05) is 38.7 Å². The minimum absolute atomic E-state index is 0.0187. The maximum atomic E-state index is 14.3. The van der Waals surface area contributed by atoms with Crippen LogP contribution < -0.4 is 5.73 Å². The first-order valence-electron chi connectivity index (χ1n) is 19.3. The van der Waals surface area contributed by atoms with E-state index < -0.39 is 56.8 Å². The van der Waals surface area contributed by atoms with Crippen molar-refractivity contribution >= 4 is 38.9 Å². The van der Waals surface area contributed by atoms with Crippen LogP contribution >= 0.6 is 0 Å². The third kappa shape index (κ3) is 11.0. The highest BCUT2D eigenvalue weighted by Crippen LogP contribution is 2.34. The van der Waals surface area contributed by atoms with Crippen LogP contribution in [0.4, 0.5) is 5.69 Å². The van der Waals surface area contributed by atoms with Gasteiger partial charge in [-0.25, -0.2) is 8.42 Å². The van der Waals surface area contributed by atoms with Crippen LogP contribution in [0.3, 0.4) is 0 Å². The Kier molecular flexibility index (Phi) is 15.5. The van der Waals surface area contributed by atoms with Crippen LogP contribution in [0.5, 0.6) is 0 Å². The highest BCUT2D eigenvalue weighted by atomic mass is 32.2. The van der Waals surface area contributed by atoms with Crippen molar-refractivity contribution in [3.8, 4) is 0 Å². The summed E-state index contributed by atoms with van der Waals surface area (Å²) < 4.78 is 31.9. The summed E-state index contributed by atoms with van der Waals surface area (Å²) in [7, 11) is -0.665. The standard InChI is InChI=1S/C41H66N4O7S/c1-26(2)35(43(10)40(49)32(41(7,8)9)24-36(46)33-15-12-13-21-44(33)27(3)4)23-28(5)39(48)45-22-14-16-34(45)38(52-11)29(6)37(47)25-53(50,51)31-19-17-30(42)18-20-31/h17-20,23,26-27,29,32-35,38H,12-16,21-22,24-25,42H2,1-11H3/b28-23+/t29-,32+,33+,34-,35+,38+/m0/s1. The molecule has 2 amide bonds. The van der Waals surface area contributed by atoms with E-state index in [2.05, 4.69) is 18.7 Å². The Morgan fingerprint density at radius 1 is 0.981 bits per heavy atom. The number of ether oxygens (including phenoxy) is 1. The summed E-state index contributed by atoms with van der Waals surface area (Å²) in [6, 6.07) is 4.97. The third-order valence-corrected chi connectivity index (χ3v) is 13.0. The summed E-state index contributed by atoms with van der Waals surface area (Å²) in [4.78, 5) is 61.4. The van der Waals surface area contributed by atoms with E-state index in [9.17, 15) is 27.6 Å². The number of nitrogens with two attached hydrogens (primary N) is 1. The van der Waals surface area contributed by atoms with Gasteiger partial charge in [0.25, 0.3) is 0 Å². The fraction of sp³-hybridized carbons (Fsp3) is 0.707. The number of ketones is 2. The molecule has 0 spiro atoms. The number of methoxy groups -OCH3 is 1. The third-order valence-electron chi connectivity index (χ3n) is 11.3. The van der Waals surface area contributed by atoms with E-state index in [-0.39, 0.29) is 46.9 Å². The predicted molar refractivity (Wildman–Crippen MR) is 210 cm³/mol. The molecule has 53 heavy (non-hydrogen) atoms. The number of benzene rings is 1. The summed E-state index contributed by atoms with van der Waals surface area (Å²) in [6.45, 7) is 19.0.